The molecular formula is C12H22N2O. The second kappa shape index (κ2) is 6.09. The van der Waals surface area contributed by atoms with E-state index in [9.17, 15) is 0 Å². The zero-order valence-corrected chi connectivity index (χ0v) is 9.99. The molecule has 0 bridgehead atoms. The van der Waals surface area contributed by atoms with Gasteiger partial charge >= 0.3 is 0 Å². The summed E-state index contributed by atoms with van der Waals surface area (Å²) < 4.78 is 5.20. The van der Waals surface area contributed by atoms with Crippen molar-refractivity contribution in [2.24, 2.45) is 11.8 Å². The zero-order valence-electron chi connectivity index (χ0n) is 9.99. The lowest BCUT2D eigenvalue weighted by molar-refractivity contribution is 0.138. The van der Waals surface area contributed by atoms with Gasteiger partial charge in [-0.2, -0.15) is 5.26 Å². The molecule has 0 aliphatic heterocycles. The van der Waals surface area contributed by atoms with Crippen LogP contribution in [0.25, 0.3) is 0 Å². The van der Waals surface area contributed by atoms with E-state index in [1.807, 2.05) is 0 Å². The third-order valence-electron chi connectivity index (χ3n) is 3.26. The Morgan fingerprint density at radius 1 is 1.47 bits per heavy atom. The number of hydrogen-bond acceptors (Lipinski definition) is 3. The number of rotatable bonds is 5. The van der Waals surface area contributed by atoms with E-state index >= 15 is 0 Å². The van der Waals surface area contributed by atoms with Crippen LogP contribution in [0.15, 0.2) is 0 Å². The third kappa shape index (κ3) is 3.48. The van der Waals surface area contributed by atoms with Crippen LogP contribution in [-0.4, -0.2) is 25.8 Å². The predicted molar refractivity (Wildman–Crippen MR) is 60.4 cm³/mol. The van der Waals surface area contributed by atoms with Crippen molar-refractivity contribution in [2.75, 3.05) is 13.7 Å². The molecule has 0 saturated heterocycles. The molecule has 3 unspecified atom stereocenters. The van der Waals surface area contributed by atoms with E-state index in [4.69, 9.17) is 10.00 Å². The van der Waals surface area contributed by atoms with Gasteiger partial charge in [-0.25, -0.2) is 0 Å². The first-order chi connectivity index (χ1) is 7.19. The average molecular weight is 210 g/mol. The first-order valence-electron chi connectivity index (χ1n) is 5.83. The summed E-state index contributed by atoms with van der Waals surface area (Å²) in [5.74, 6) is 0.744. The molecule has 3 nitrogen and oxygen atoms in total. The van der Waals surface area contributed by atoms with Gasteiger partial charge in [-0.3, -0.25) is 0 Å². The van der Waals surface area contributed by atoms with Gasteiger partial charge in [-0.15, -0.1) is 0 Å². The minimum atomic E-state index is 0.197. The van der Waals surface area contributed by atoms with E-state index in [1.54, 1.807) is 7.11 Å². The topological polar surface area (TPSA) is 45.0 Å². The van der Waals surface area contributed by atoms with Crippen LogP contribution < -0.4 is 5.32 Å². The van der Waals surface area contributed by atoms with Crippen LogP contribution in [0.2, 0.25) is 0 Å². The van der Waals surface area contributed by atoms with Gasteiger partial charge in [0.15, 0.2) is 0 Å². The van der Waals surface area contributed by atoms with Gasteiger partial charge in [0.2, 0.25) is 0 Å². The number of hydrogen-bond donors (Lipinski definition) is 1. The highest BCUT2D eigenvalue weighted by atomic mass is 16.5. The lowest BCUT2D eigenvalue weighted by Gasteiger charge is -2.27. The SMILES string of the molecule is COCC(NC1CCCC1C#N)C(C)C. The summed E-state index contributed by atoms with van der Waals surface area (Å²) in [4.78, 5) is 0. The molecule has 1 rings (SSSR count). The molecule has 0 amide bonds. The van der Waals surface area contributed by atoms with Crippen molar-refractivity contribution < 1.29 is 4.74 Å². The molecule has 0 heterocycles. The highest BCUT2D eigenvalue weighted by Crippen LogP contribution is 2.25. The van der Waals surface area contributed by atoms with Crippen LogP contribution >= 0.6 is 0 Å². The number of methoxy groups -OCH3 is 1. The largest absolute Gasteiger partial charge is 0.383 e. The Hall–Kier alpha value is -0.590. The summed E-state index contributed by atoms with van der Waals surface area (Å²) in [5.41, 5.74) is 0. The first kappa shape index (κ1) is 12.5. The quantitative estimate of drug-likeness (QED) is 0.754. The first-order valence-corrected chi connectivity index (χ1v) is 5.83. The third-order valence-corrected chi connectivity index (χ3v) is 3.26. The molecule has 0 aromatic rings. The zero-order chi connectivity index (χ0) is 11.3. The molecule has 1 N–H and O–H groups in total. The summed E-state index contributed by atoms with van der Waals surface area (Å²) >= 11 is 0. The summed E-state index contributed by atoms with van der Waals surface area (Å²) in [6.45, 7) is 5.10. The summed E-state index contributed by atoms with van der Waals surface area (Å²) in [7, 11) is 1.73. The molecule has 0 aromatic carbocycles. The minimum Gasteiger partial charge on any atom is -0.383 e. The van der Waals surface area contributed by atoms with Crippen LogP contribution in [-0.2, 0) is 4.74 Å². The Labute approximate surface area is 92.8 Å². The van der Waals surface area contributed by atoms with E-state index in [0.29, 0.717) is 18.0 Å². The standard InChI is InChI=1S/C12H22N2O/c1-9(2)12(8-15-3)14-11-6-4-5-10(11)7-13/h9-12,14H,4-6,8H2,1-3H3. The Kier molecular flexibility index (Phi) is 5.07. The van der Waals surface area contributed by atoms with E-state index in [1.165, 1.54) is 6.42 Å². The molecule has 1 aliphatic carbocycles. The Bertz CT molecular complexity index is 222. The molecule has 0 radical (unpaired) electrons. The molecular weight excluding hydrogens is 188 g/mol. The van der Waals surface area contributed by atoms with Crippen molar-refractivity contribution in [2.45, 2.75) is 45.2 Å². The molecule has 3 heteroatoms. The molecule has 0 spiro atoms. The number of ether oxygens (including phenoxy) is 1. The van der Waals surface area contributed by atoms with E-state index in [2.05, 4.69) is 25.2 Å². The Balaban J connectivity index is 2.46. The Morgan fingerprint density at radius 3 is 2.73 bits per heavy atom. The molecule has 3 atom stereocenters. The summed E-state index contributed by atoms with van der Waals surface area (Å²) in [6, 6.07) is 3.14. The van der Waals surface area contributed by atoms with Gasteiger partial charge in [0.05, 0.1) is 18.6 Å². The van der Waals surface area contributed by atoms with Crippen molar-refractivity contribution >= 4 is 0 Å². The maximum atomic E-state index is 9.00. The van der Waals surface area contributed by atoms with E-state index < -0.39 is 0 Å². The fraction of sp³-hybridized carbons (Fsp3) is 0.917. The fourth-order valence-corrected chi connectivity index (χ4v) is 2.20. The summed E-state index contributed by atoms with van der Waals surface area (Å²) in [5, 5.41) is 12.6. The van der Waals surface area contributed by atoms with Crippen LogP contribution in [0.3, 0.4) is 0 Å². The normalized spacial score (nSPS) is 27.9. The predicted octanol–water partition coefficient (Wildman–Crippen LogP) is 1.94. The highest BCUT2D eigenvalue weighted by molar-refractivity contribution is 4.97. The fourth-order valence-electron chi connectivity index (χ4n) is 2.20. The van der Waals surface area contributed by atoms with Crippen LogP contribution in [0.5, 0.6) is 0 Å². The van der Waals surface area contributed by atoms with Gasteiger partial charge < -0.3 is 10.1 Å². The lowest BCUT2D eigenvalue weighted by Crippen LogP contribution is -2.45. The van der Waals surface area contributed by atoms with Gasteiger partial charge in [-0.05, 0) is 18.8 Å². The van der Waals surface area contributed by atoms with E-state index in [-0.39, 0.29) is 5.92 Å². The van der Waals surface area contributed by atoms with E-state index in [0.717, 1.165) is 19.4 Å². The Morgan fingerprint density at radius 2 is 2.20 bits per heavy atom. The molecule has 1 fully saturated rings. The van der Waals surface area contributed by atoms with Gasteiger partial charge in [0, 0.05) is 19.2 Å². The minimum absolute atomic E-state index is 0.197. The lowest BCUT2D eigenvalue weighted by atomic mass is 10.00. The van der Waals surface area contributed by atoms with Crippen LogP contribution in [0.4, 0.5) is 0 Å². The smallest absolute Gasteiger partial charge is 0.0672 e. The molecule has 1 saturated carbocycles. The van der Waals surface area contributed by atoms with Crippen molar-refractivity contribution in [1.29, 1.82) is 5.26 Å². The summed E-state index contributed by atoms with van der Waals surface area (Å²) in [6.07, 6.45) is 3.35. The van der Waals surface area contributed by atoms with Crippen LogP contribution in [0.1, 0.15) is 33.1 Å². The van der Waals surface area contributed by atoms with Crippen molar-refractivity contribution in [3.63, 3.8) is 0 Å². The highest BCUT2D eigenvalue weighted by Gasteiger charge is 2.29. The molecule has 86 valence electrons. The second-order valence-electron chi connectivity index (χ2n) is 4.75. The number of nitrogens with zero attached hydrogens (tertiary/aromatic N) is 1. The van der Waals surface area contributed by atoms with Crippen molar-refractivity contribution in [3.05, 3.63) is 0 Å². The van der Waals surface area contributed by atoms with Crippen molar-refractivity contribution in [1.82, 2.24) is 5.32 Å². The number of nitriles is 1. The van der Waals surface area contributed by atoms with Gasteiger partial charge in [-0.1, -0.05) is 20.3 Å². The second-order valence-corrected chi connectivity index (χ2v) is 4.75. The van der Waals surface area contributed by atoms with Gasteiger partial charge in [0.25, 0.3) is 0 Å². The number of nitrogens with one attached hydrogen (secondary N) is 1. The maximum absolute atomic E-state index is 9.00. The average Bonchev–Trinajstić information content (AvgIpc) is 2.64. The van der Waals surface area contributed by atoms with Gasteiger partial charge in [0.1, 0.15) is 0 Å². The monoisotopic (exact) mass is 210 g/mol. The molecule has 0 aromatic heterocycles. The molecule has 1 aliphatic rings. The van der Waals surface area contributed by atoms with Crippen molar-refractivity contribution in [3.8, 4) is 6.07 Å². The van der Waals surface area contributed by atoms with Crippen LogP contribution in [0, 0.1) is 23.2 Å². The maximum Gasteiger partial charge on any atom is 0.0672 e. The molecule has 15 heavy (non-hydrogen) atoms.